The van der Waals surface area contributed by atoms with Crippen molar-refractivity contribution >= 4 is 0 Å². The van der Waals surface area contributed by atoms with Crippen LogP contribution in [0.3, 0.4) is 0 Å². The van der Waals surface area contributed by atoms with Crippen molar-refractivity contribution in [2.24, 2.45) is 11.8 Å². The van der Waals surface area contributed by atoms with E-state index in [1.807, 2.05) is 0 Å². The third kappa shape index (κ3) is 2.50. The summed E-state index contributed by atoms with van der Waals surface area (Å²) in [6, 6.07) is 1.73. The van der Waals surface area contributed by atoms with Crippen molar-refractivity contribution in [3.8, 4) is 0 Å². The second-order valence-electron chi connectivity index (χ2n) is 5.57. The predicted octanol–water partition coefficient (Wildman–Crippen LogP) is 3.34. The number of rotatable bonds is 3. The molecule has 1 N–H and O–H groups in total. The van der Waals surface area contributed by atoms with Crippen LogP contribution >= 0.6 is 0 Å². The second-order valence-corrected chi connectivity index (χ2v) is 5.57. The van der Waals surface area contributed by atoms with Crippen molar-refractivity contribution in [1.29, 1.82) is 0 Å². The molecule has 0 bridgehead atoms. The second kappa shape index (κ2) is 4.65. The van der Waals surface area contributed by atoms with Crippen molar-refractivity contribution in [2.45, 2.75) is 70.9 Å². The lowest BCUT2D eigenvalue weighted by atomic mass is 9.79. The van der Waals surface area contributed by atoms with Gasteiger partial charge < -0.3 is 5.32 Å². The van der Waals surface area contributed by atoms with Gasteiger partial charge in [0.05, 0.1) is 0 Å². The molecule has 2 fully saturated rings. The summed E-state index contributed by atoms with van der Waals surface area (Å²) < 4.78 is 0. The lowest BCUT2D eigenvalue weighted by Gasteiger charge is -2.38. The quantitative estimate of drug-likeness (QED) is 0.728. The summed E-state index contributed by atoms with van der Waals surface area (Å²) in [7, 11) is 0. The molecule has 2 aliphatic rings. The Kier molecular flexibility index (Phi) is 3.48. The Labute approximate surface area is 88.7 Å². The highest BCUT2D eigenvalue weighted by Crippen LogP contribution is 2.31. The standard InChI is InChI=1S/C13H25N/c1-3-11-4-6-12(7-5-11)14-13-8-10(2)9-13/h10-14H,3-9H2,1-2H3. The van der Waals surface area contributed by atoms with Crippen LogP contribution in [0.5, 0.6) is 0 Å². The van der Waals surface area contributed by atoms with Crippen molar-refractivity contribution in [2.75, 3.05) is 0 Å². The van der Waals surface area contributed by atoms with E-state index in [1.165, 1.54) is 44.9 Å². The summed E-state index contributed by atoms with van der Waals surface area (Å²) in [5.74, 6) is 2.02. The van der Waals surface area contributed by atoms with Crippen LogP contribution in [0.2, 0.25) is 0 Å². The van der Waals surface area contributed by atoms with E-state index in [1.54, 1.807) is 0 Å². The summed E-state index contributed by atoms with van der Waals surface area (Å²) in [5.41, 5.74) is 0. The molecule has 14 heavy (non-hydrogen) atoms. The maximum Gasteiger partial charge on any atom is 0.00747 e. The Morgan fingerprint density at radius 2 is 1.64 bits per heavy atom. The highest BCUT2D eigenvalue weighted by Gasteiger charge is 2.28. The number of hydrogen-bond donors (Lipinski definition) is 1. The first kappa shape index (κ1) is 10.5. The van der Waals surface area contributed by atoms with Crippen LogP contribution in [0.1, 0.15) is 58.8 Å². The van der Waals surface area contributed by atoms with E-state index < -0.39 is 0 Å². The average molecular weight is 195 g/mol. The fourth-order valence-electron chi connectivity index (χ4n) is 3.11. The lowest BCUT2D eigenvalue weighted by molar-refractivity contribution is 0.190. The molecule has 82 valence electrons. The zero-order valence-electron chi connectivity index (χ0n) is 9.76. The van der Waals surface area contributed by atoms with E-state index in [2.05, 4.69) is 19.2 Å². The van der Waals surface area contributed by atoms with Gasteiger partial charge in [0, 0.05) is 12.1 Å². The van der Waals surface area contributed by atoms with Crippen LogP contribution in [0, 0.1) is 11.8 Å². The van der Waals surface area contributed by atoms with Crippen molar-refractivity contribution in [3.63, 3.8) is 0 Å². The highest BCUT2D eigenvalue weighted by atomic mass is 15.0. The van der Waals surface area contributed by atoms with E-state index in [0.29, 0.717) is 0 Å². The summed E-state index contributed by atoms with van der Waals surface area (Å²) in [6.45, 7) is 4.71. The zero-order chi connectivity index (χ0) is 9.97. The molecule has 0 radical (unpaired) electrons. The monoisotopic (exact) mass is 195 g/mol. The topological polar surface area (TPSA) is 12.0 Å². The predicted molar refractivity (Wildman–Crippen MR) is 61.4 cm³/mol. The zero-order valence-corrected chi connectivity index (χ0v) is 9.76. The van der Waals surface area contributed by atoms with Gasteiger partial charge in [0.1, 0.15) is 0 Å². The first-order valence-corrected chi connectivity index (χ1v) is 6.54. The van der Waals surface area contributed by atoms with E-state index in [-0.39, 0.29) is 0 Å². The molecule has 0 aromatic heterocycles. The van der Waals surface area contributed by atoms with E-state index in [9.17, 15) is 0 Å². The Hall–Kier alpha value is -0.0400. The average Bonchev–Trinajstić information content (AvgIpc) is 2.17. The largest absolute Gasteiger partial charge is 0.311 e. The highest BCUT2D eigenvalue weighted by molar-refractivity contribution is 4.87. The van der Waals surface area contributed by atoms with Gasteiger partial charge in [0.2, 0.25) is 0 Å². The van der Waals surface area contributed by atoms with Gasteiger partial charge in [-0.15, -0.1) is 0 Å². The molecule has 0 amide bonds. The van der Waals surface area contributed by atoms with Gasteiger partial charge in [0.15, 0.2) is 0 Å². The van der Waals surface area contributed by atoms with Crippen LogP contribution in [0.4, 0.5) is 0 Å². The van der Waals surface area contributed by atoms with Crippen LogP contribution in [-0.4, -0.2) is 12.1 Å². The molecule has 1 heteroatoms. The van der Waals surface area contributed by atoms with Crippen LogP contribution in [0.25, 0.3) is 0 Å². The van der Waals surface area contributed by atoms with E-state index >= 15 is 0 Å². The number of hydrogen-bond acceptors (Lipinski definition) is 1. The molecule has 0 saturated heterocycles. The molecule has 0 heterocycles. The van der Waals surface area contributed by atoms with Crippen LogP contribution in [-0.2, 0) is 0 Å². The molecule has 0 atom stereocenters. The van der Waals surface area contributed by atoms with Crippen molar-refractivity contribution in [1.82, 2.24) is 5.32 Å². The SMILES string of the molecule is CCC1CCC(NC2CC(C)C2)CC1. The third-order valence-electron chi connectivity index (χ3n) is 4.27. The van der Waals surface area contributed by atoms with Crippen molar-refractivity contribution < 1.29 is 0 Å². The minimum Gasteiger partial charge on any atom is -0.311 e. The molecular formula is C13H25N. The Balaban J connectivity index is 1.64. The molecular weight excluding hydrogens is 170 g/mol. The first-order chi connectivity index (χ1) is 6.78. The van der Waals surface area contributed by atoms with Crippen LogP contribution in [0.15, 0.2) is 0 Å². The van der Waals surface area contributed by atoms with Gasteiger partial charge in [-0.05, 0) is 50.4 Å². The van der Waals surface area contributed by atoms with Gasteiger partial charge >= 0.3 is 0 Å². The smallest absolute Gasteiger partial charge is 0.00747 e. The van der Waals surface area contributed by atoms with Gasteiger partial charge in [-0.2, -0.15) is 0 Å². The Morgan fingerprint density at radius 3 is 2.14 bits per heavy atom. The number of nitrogens with one attached hydrogen (secondary N) is 1. The van der Waals surface area contributed by atoms with E-state index in [0.717, 1.165) is 23.9 Å². The molecule has 0 aromatic rings. The van der Waals surface area contributed by atoms with Gasteiger partial charge in [-0.1, -0.05) is 20.3 Å². The lowest BCUT2D eigenvalue weighted by Crippen LogP contribution is -2.46. The fourth-order valence-corrected chi connectivity index (χ4v) is 3.11. The molecule has 0 spiro atoms. The maximum absolute atomic E-state index is 3.83. The molecule has 2 aliphatic carbocycles. The summed E-state index contributed by atoms with van der Waals surface area (Å²) >= 11 is 0. The first-order valence-electron chi connectivity index (χ1n) is 6.54. The van der Waals surface area contributed by atoms with Gasteiger partial charge in [-0.3, -0.25) is 0 Å². The summed E-state index contributed by atoms with van der Waals surface area (Å²) in [5, 5.41) is 3.83. The molecule has 0 aromatic carbocycles. The molecule has 2 saturated carbocycles. The normalized spacial score (nSPS) is 43.3. The molecule has 2 rings (SSSR count). The maximum atomic E-state index is 3.83. The Morgan fingerprint density at radius 1 is 1.00 bits per heavy atom. The van der Waals surface area contributed by atoms with Crippen molar-refractivity contribution in [3.05, 3.63) is 0 Å². The minimum absolute atomic E-state index is 0.857. The third-order valence-corrected chi connectivity index (χ3v) is 4.27. The Bertz CT molecular complexity index is 164. The van der Waals surface area contributed by atoms with E-state index in [4.69, 9.17) is 0 Å². The summed E-state index contributed by atoms with van der Waals surface area (Å²) in [4.78, 5) is 0. The van der Waals surface area contributed by atoms with Gasteiger partial charge in [-0.25, -0.2) is 0 Å². The molecule has 0 unspecified atom stereocenters. The molecule has 0 aliphatic heterocycles. The van der Waals surface area contributed by atoms with Crippen LogP contribution < -0.4 is 5.32 Å². The fraction of sp³-hybridized carbons (Fsp3) is 1.00. The summed E-state index contributed by atoms with van der Waals surface area (Å²) in [6.07, 6.45) is 10.0. The minimum atomic E-state index is 0.857. The van der Waals surface area contributed by atoms with Gasteiger partial charge in [0.25, 0.3) is 0 Å². The molecule has 1 nitrogen and oxygen atoms in total.